The molecule has 0 atom stereocenters. The number of nitrogens with zero attached hydrogens (tertiary/aromatic N) is 18. The molecular weight excluding hydrogens is 1330 g/mol. The molecule has 0 aliphatic heterocycles. The zero-order valence-corrected chi connectivity index (χ0v) is 51.5. The maximum absolute atomic E-state index is 13.9. The predicted molar refractivity (Wildman–Crippen MR) is 349 cm³/mol. The Balaban J connectivity index is 0.000000137. The summed E-state index contributed by atoms with van der Waals surface area (Å²) in [5, 5.41) is 11.7. The van der Waals surface area contributed by atoms with E-state index in [9.17, 15) is 33.1 Å². The quantitative estimate of drug-likeness (QED) is 0.0588. The second-order valence-electron chi connectivity index (χ2n) is 19.9. The van der Waals surface area contributed by atoms with Crippen LogP contribution in [0, 0.1) is 11.6 Å². The molecule has 0 fully saturated rings. The van der Waals surface area contributed by atoms with Crippen molar-refractivity contribution >= 4 is 75.6 Å². The predicted octanol–water partition coefficient (Wildman–Crippen LogP) is 8.57. The van der Waals surface area contributed by atoms with Crippen molar-refractivity contribution in [3.05, 3.63) is 205 Å². The summed E-state index contributed by atoms with van der Waals surface area (Å²) in [6.45, 7) is -0.393. The number of halogens is 3. The fourth-order valence-corrected chi connectivity index (χ4v) is 9.48. The molecule has 10 N–H and O–H groups in total. The van der Waals surface area contributed by atoms with E-state index >= 15 is 0 Å². The lowest BCUT2D eigenvalue weighted by molar-refractivity contribution is 0.0586. The summed E-state index contributed by atoms with van der Waals surface area (Å²) in [7, 11) is 2.46. The third-order valence-electron chi connectivity index (χ3n) is 13.8. The van der Waals surface area contributed by atoms with Crippen molar-refractivity contribution in [1.29, 1.82) is 0 Å². The van der Waals surface area contributed by atoms with E-state index in [4.69, 9.17) is 56.9 Å². The molecule has 0 spiro atoms. The van der Waals surface area contributed by atoms with Crippen LogP contribution in [0.1, 0.15) is 54.9 Å². The highest BCUT2D eigenvalue weighted by atomic mass is 35.5. The molecular formula is C63H48ClF2N23O11. The van der Waals surface area contributed by atoms with Gasteiger partial charge in [0.25, 0.3) is 5.91 Å². The van der Waals surface area contributed by atoms with E-state index in [0.29, 0.717) is 39.4 Å². The van der Waals surface area contributed by atoms with Crippen LogP contribution in [-0.4, -0.2) is 131 Å². The van der Waals surface area contributed by atoms with E-state index < -0.39 is 42.0 Å². The number of imidazole rings is 3. The minimum absolute atomic E-state index is 0. The van der Waals surface area contributed by atoms with Crippen molar-refractivity contribution < 1.29 is 60.2 Å². The number of nitrogen functional groups attached to an aromatic ring is 4. The number of oxazole rings is 4. The number of hydrogen-bond acceptors (Lipinski definition) is 29. The summed E-state index contributed by atoms with van der Waals surface area (Å²) < 4.78 is 63.4. The zero-order valence-electron chi connectivity index (χ0n) is 50.7. The third kappa shape index (κ3) is 14.1. The highest BCUT2D eigenvalue weighted by Crippen LogP contribution is 2.34. The van der Waals surface area contributed by atoms with Crippen molar-refractivity contribution in [3.63, 3.8) is 0 Å². The monoisotopic (exact) mass is 1380 g/mol. The molecule has 0 saturated heterocycles. The first kappa shape index (κ1) is 67.1. The Morgan fingerprint density at radius 2 is 0.820 bits per heavy atom. The number of amides is 1. The number of carboxylic acids is 1. The van der Waals surface area contributed by atoms with Gasteiger partial charge in [0.1, 0.15) is 70.7 Å². The molecule has 14 aromatic heterocycles. The van der Waals surface area contributed by atoms with Crippen molar-refractivity contribution in [2.75, 3.05) is 37.2 Å². The number of nitrogens with one attached hydrogen (secondary N) is 1. The highest BCUT2D eigenvalue weighted by molar-refractivity contribution is 6.31. The average molecular weight is 1380 g/mol. The summed E-state index contributed by atoms with van der Waals surface area (Å²) >= 11 is 5.86. The van der Waals surface area contributed by atoms with Gasteiger partial charge < -0.3 is 73.7 Å². The molecule has 37 heteroatoms. The molecule has 14 heterocycles. The van der Waals surface area contributed by atoms with Gasteiger partial charge in [0.05, 0.1) is 39.0 Å². The molecule has 0 bridgehead atoms. The Morgan fingerprint density at radius 3 is 1.20 bits per heavy atom. The number of carbonyl (C=O) groups is 4. The zero-order chi connectivity index (χ0) is 69.4. The number of esters is 2. The fourth-order valence-electron chi connectivity index (χ4n) is 9.27. The second-order valence-corrected chi connectivity index (χ2v) is 20.3. The van der Waals surface area contributed by atoms with Crippen LogP contribution in [-0.2, 0) is 16.0 Å². The number of rotatable bonds is 13. The molecule has 15 rings (SSSR count). The van der Waals surface area contributed by atoms with Gasteiger partial charge >= 0.3 is 17.9 Å². The first-order valence-corrected chi connectivity index (χ1v) is 28.7. The second kappa shape index (κ2) is 29.1. The Kier molecular flexibility index (Phi) is 19.5. The van der Waals surface area contributed by atoms with Crippen LogP contribution in [0.15, 0.2) is 178 Å². The van der Waals surface area contributed by atoms with Crippen LogP contribution in [0.25, 0.3) is 97.1 Å². The van der Waals surface area contributed by atoms with Gasteiger partial charge in [-0.1, -0.05) is 25.1 Å². The van der Waals surface area contributed by atoms with E-state index in [2.05, 4.69) is 84.8 Å². The fraction of sp³-hybridized carbons (Fsp3) is 0.0635. The lowest BCUT2D eigenvalue weighted by atomic mass is 10.1. The van der Waals surface area contributed by atoms with Gasteiger partial charge in [0, 0.05) is 84.6 Å². The average Bonchev–Trinajstić information content (AvgIpc) is 1.43. The van der Waals surface area contributed by atoms with E-state index in [0.717, 1.165) is 23.4 Å². The number of nitrogens with two attached hydrogens (primary N) is 4. The van der Waals surface area contributed by atoms with E-state index in [1.807, 2.05) is 22.7 Å². The standard InChI is InChI=1S/C22H15F2N7O2.C16H12N6O3.C15H10N6O3.C9H7ClN4O3.CH4/c23-14-2-1-3-15(24)13(14)10-28-21(32)19-20(25)30-18(22-27-7-9-33-22)17(29-19)12-4-5-16-26-6-8-31(16)11-12;1-24-16(23)13-14(17)21-12(15-19-5-7-25-15)11(20-13)9-2-3-10-18-4-6-22(10)8-9;16-13-12(15(22)23)19-10(11(20-13)14-18-4-6-24-14)8-1-2-9-17-3-5-21(9)7-8;1-16-9(15)5-7(11)14-4(6(10)13-5)8-12-2-3-17-8;/h1-9,11H,10H2,(H2,25,30)(H,28,32);2-8H,1H3,(H2,17,21);1-7H,(H2,16,20)(H,22,23);2-3H,1H3,(H2,11,14);1H4. The van der Waals surface area contributed by atoms with Gasteiger partial charge in [-0.05, 0) is 48.5 Å². The molecule has 1 amide bonds. The summed E-state index contributed by atoms with van der Waals surface area (Å²) in [6, 6.07) is 14.2. The minimum atomic E-state index is -1.26. The largest absolute Gasteiger partial charge is 0.476 e. The summed E-state index contributed by atoms with van der Waals surface area (Å²) in [4.78, 5) is 109. The van der Waals surface area contributed by atoms with Gasteiger partial charge in [-0.3, -0.25) is 4.79 Å². The maximum atomic E-state index is 13.9. The van der Waals surface area contributed by atoms with Gasteiger partial charge in [0.2, 0.25) is 23.6 Å². The minimum Gasteiger partial charge on any atom is -0.476 e. The molecule has 100 heavy (non-hydrogen) atoms. The number of aromatic carboxylic acids is 1. The number of hydrogen-bond donors (Lipinski definition) is 6. The molecule has 502 valence electrons. The van der Waals surface area contributed by atoms with E-state index in [1.165, 1.54) is 70.1 Å². The van der Waals surface area contributed by atoms with Crippen LogP contribution >= 0.6 is 11.6 Å². The van der Waals surface area contributed by atoms with E-state index in [1.54, 1.807) is 82.6 Å². The normalized spacial score (nSPS) is 10.8. The molecule has 15 aromatic rings. The van der Waals surface area contributed by atoms with Crippen LogP contribution in [0.5, 0.6) is 0 Å². The first-order chi connectivity index (χ1) is 47.9. The van der Waals surface area contributed by atoms with E-state index in [-0.39, 0.29) is 111 Å². The summed E-state index contributed by atoms with van der Waals surface area (Å²) in [5.41, 5.74) is 28.3. The van der Waals surface area contributed by atoms with Crippen molar-refractivity contribution in [1.82, 2.24) is 93.3 Å². The SMILES string of the molecule is C.COC(=O)c1nc(-c2ccc3nccn3c2)c(-c2ncco2)nc1N.COC(=O)c1nc(Cl)c(-c2ncco2)nc1N.Nc1nc(-c2ncco2)c(-c2ccc3nccn3c2)nc1C(=O)NCc1c(F)cccc1F.Nc1nc(-c2ncco2)c(-c2ccc3nccn3c2)nc1C(=O)O. The molecule has 0 saturated carbocycles. The van der Waals surface area contributed by atoms with Crippen LogP contribution < -0.4 is 28.3 Å². The Bertz CT molecular complexity index is 5460. The van der Waals surface area contributed by atoms with Crippen molar-refractivity contribution in [2.45, 2.75) is 14.0 Å². The van der Waals surface area contributed by atoms with Crippen LogP contribution in [0.2, 0.25) is 5.15 Å². The van der Waals surface area contributed by atoms with Crippen LogP contribution in [0.3, 0.4) is 0 Å². The van der Waals surface area contributed by atoms with Crippen LogP contribution in [0.4, 0.5) is 32.1 Å². The Hall–Kier alpha value is -14.3. The molecule has 0 aliphatic rings. The number of carboxylic acid groups (broad SMARTS) is 1. The maximum Gasteiger partial charge on any atom is 0.360 e. The number of pyridine rings is 3. The summed E-state index contributed by atoms with van der Waals surface area (Å²) in [6.07, 6.45) is 27.0. The number of anilines is 4. The van der Waals surface area contributed by atoms with Gasteiger partial charge in [-0.2, -0.15) is 0 Å². The number of fused-ring (bicyclic) bond motifs is 3. The molecule has 1 aromatic carbocycles. The van der Waals surface area contributed by atoms with Gasteiger partial charge in [0.15, 0.2) is 74.0 Å². The molecule has 0 unspecified atom stereocenters. The number of aromatic nitrogens is 18. The lowest BCUT2D eigenvalue weighted by Crippen LogP contribution is -2.26. The van der Waals surface area contributed by atoms with Crippen molar-refractivity contribution in [3.8, 4) is 80.1 Å². The number of ether oxygens (including phenoxy) is 2. The smallest absolute Gasteiger partial charge is 0.360 e. The number of benzene rings is 1. The first-order valence-electron chi connectivity index (χ1n) is 28.3. The van der Waals surface area contributed by atoms with Crippen molar-refractivity contribution in [2.24, 2.45) is 0 Å². The highest BCUT2D eigenvalue weighted by Gasteiger charge is 2.27. The summed E-state index contributed by atoms with van der Waals surface area (Å²) in [5.74, 6) is -4.72. The van der Waals surface area contributed by atoms with Gasteiger partial charge in [-0.25, -0.2) is 97.9 Å². The number of methoxy groups -OCH3 is 2. The topological polar surface area (TPSA) is 482 Å². The molecule has 0 radical (unpaired) electrons. The Morgan fingerprint density at radius 1 is 0.470 bits per heavy atom. The van der Waals surface area contributed by atoms with Gasteiger partial charge in [-0.15, -0.1) is 0 Å². The lowest BCUT2D eigenvalue weighted by Gasteiger charge is -2.12. The number of carbonyl (C=O) groups excluding carboxylic acids is 3. The Labute approximate surface area is 563 Å². The third-order valence-corrected chi connectivity index (χ3v) is 14.1. The molecule has 34 nitrogen and oxygen atoms in total. The molecule has 0 aliphatic carbocycles.